The number of amides is 1. The molecule has 6 heteroatoms. The molecule has 0 spiro atoms. The van der Waals surface area contributed by atoms with Crippen LogP contribution in [-0.2, 0) is 14.3 Å². The van der Waals surface area contributed by atoms with Crippen molar-refractivity contribution < 1.29 is 24.5 Å². The normalized spacial score (nSPS) is 12.9. The zero-order chi connectivity index (χ0) is 47.2. The summed E-state index contributed by atoms with van der Waals surface area (Å²) in [7, 11) is 0. The van der Waals surface area contributed by atoms with Gasteiger partial charge in [0, 0.05) is 12.8 Å². The highest BCUT2D eigenvalue weighted by molar-refractivity contribution is 5.76. The molecule has 0 aromatic rings. The number of rotatable bonds is 53. The van der Waals surface area contributed by atoms with E-state index in [2.05, 4.69) is 43.5 Å². The van der Waals surface area contributed by atoms with Gasteiger partial charge in [-0.1, -0.05) is 243 Å². The third kappa shape index (κ3) is 51.3. The molecular formula is C59H111NO5. The van der Waals surface area contributed by atoms with Gasteiger partial charge < -0.3 is 20.3 Å². The lowest BCUT2D eigenvalue weighted by Gasteiger charge is -2.20. The minimum Gasteiger partial charge on any atom is -0.466 e. The van der Waals surface area contributed by atoms with Gasteiger partial charge in [0.2, 0.25) is 5.91 Å². The molecule has 0 aliphatic heterocycles. The second-order valence-corrected chi connectivity index (χ2v) is 19.6. The summed E-state index contributed by atoms with van der Waals surface area (Å²) >= 11 is 0. The molecule has 0 saturated heterocycles. The van der Waals surface area contributed by atoms with E-state index in [0.717, 1.165) is 51.4 Å². The van der Waals surface area contributed by atoms with E-state index in [4.69, 9.17) is 4.74 Å². The van der Waals surface area contributed by atoms with Crippen molar-refractivity contribution in [3.63, 3.8) is 0 Å². The molecule has 2 unspecified atom stereocenters. The summed E-state index contributed by atoms with van der Waals surface area (Å²) in [4.78, 5) is 24.5. The number of aliphatic hydroxyl groups is 2. The summed E-state index contributed by atoms with van der Waals surface area (Å²) in [5.41, 5.74) is 0. The Balaban J connectivity index is 3.40. The van der Waals surface area contributed by atoms with E-state index < -0.39 is 12.1 Å². The second kappa shape index (κ2) is 54.7. The fourth-order valence-electron chi connectivity index (χ4n) is 8.68. The van der Waals surface area contributed by atoms with E-state index in [9.17, 15) is 19.8 Å². The number of aliphatic hydroxyl groups excluding tert-OH is 2. The maximum atomic E-state index is 12.4. The number of nitrogens with one attached hydrogen (secondary N) is 1. The SMILES string of the molecule is CCCCCCCC/C=C\CCCCCCCCCCCC(=O)OCCCCCCCCCCC/C=C\CCCCCCCCCC(=O)NC(CO)C(O)/C=C/CCCCCCCCC. The number of esters is 1. The van der Waals surface area contributed by atoms with E-state index in [1.54, 1.807) is 6.08 Å². The minimum atomic E-state index is -0.848. The van der Waals surface area contributed by atoms with Crippen molar-refractivity contribution in [3.05, 3.63) is 36.5 Å². The van der Waals surface area contributed by atoms with Gasteiger partial charge in [-0.2, -0.15) is 0 Å². The first-order valence-corrected chi connectivity index (χ1v) is 28.8. The summed E-state index contributed by atoms with van der Waals surface area (Å²) < 4.78 is 5.49. The van der Waals surface area contributed by atoms with Crippen LogP contribution in [0.25, 0.3) is 0 Å². The first kappa shape index (κ1) is 63.1. The van der Waals surface area contributed by atoms with E-state index in [1.807, 2.05) is 6.08 Å². The quantitative estimate of drug-likeness (QED) is 0.0321. The van der Waals surface area contributed by atoms with Crippen molar-refractivity contribution in [3.8, 4) is 0 Å². The lowest BCUT2D eigenvalue weighted by molar-refractivity contribution is -0.143. The first-order chi connectivity index (χ1) is 32.0. The Morgan fingerprint density at radius 2 is 0.723 bits per heavy atom. The van der Waals surface area contributed by atoms with Crippen LogP contribution in [0.3, 0.4) is 0 Å². The molecule has 0 aromatic heterocycles. The van der Waals surface area contributed by atoms with Gasteiger partial charge in [0.25, 0.3) is 0 Å². The first-order valence-electron chi connectivity index (χ1n) is 28.8. The maximum absolute atomic E-state index is 12.4. The molecule has 2 atom stereocenters. The van der Waals surface area contributed by atoms with E-state index in [-0.39, 0.29) is 18.5 Å². The molecule has 0 fully saturated rings. The molecule has 65 heavy (non-hydrogen) atoms. The Hall–Kier alpha value is -1.92. The standard InChI is InChI=1S/C59H111NO5/c1-3-5-7-9-11-13-14-15-16-17-20-24-27-30-33-37-41-45-49-53-59(64)65-54-50-46-42-38-34-31-28-25-22-19-18-21-23-26-29-32-36-40-44-48-52-58(63)60-56(55-61)57(62)51-47-43-39-35-12-10-8-6-4-2/h15-16,18,21,47,51,56-57,61-62H,3-14,17,19-20,22-46,48-50,52-55H2,1-2H3,(H,60,63)/b16-15-,21-18-,51-47+. The van der Waals surface area contributed by atoms with Crippen LogP contribution in [0.5, 0.6) is 0 Å². The van der Waals surface area contributed by atoms with Crippen molar-refractivity contribution in [2.24, 2.45) is 0 Å². The van der Waals surface area contributed by atoms with E-state index >= 15 is 0 Å². The van der Waals surface area contributed by atoms with Crippen LogP contribution in [0.15, 0.2) is 36.5 Å². The van der Waals surface area contributed by atoms with Gasteiger partial charge in [-0.05, 0) is 83.5 Å². The molecule has 0 aliphatic rings. The van der Waals surface area contributed by atoms with Crippen molar-refractivity contribution in [2.45, 2.75) is 315 Å². The molecule has 3 N–H and O–H groups in total. The van der Waals surface area contributed by atoms with Crippen molar-refractivity contribution in [2.75, 3.05) is 13.2 Å². The Bertz CT molecular complexity index is 1060. The fourth-order valence-corrected chi connectivity index (χ4v) is 8.68. The summed E-state index contributed by atoms with van der Waals surface area (Å²) in [5.74, 6) is -0.0750. The average Bonchev–Trinajstić information content (AvgIpc) is 3.31. The third-order valence-corrected chi connectivity index (χ3v) is 13.1. The lowest BCUT2D eigenvalue weighted by Crippen LogP contribution is -2.45. The second-order valence-electron chi connectivity index (χ2n) is 19.6. The molecule has 6 nitrogen and oxygen atoms in total. The topological polar surface area (TPSA) is 95.9 Å². The van der Waals surface area contributed by atoms with Gasteiger partial charge in [0.1, 0.15) is 0 Å². The molecule has 0 aliphatic carbocycles. The van der Waals surface area contributed by atoms with Gasteiger partial charge in [0.05, 0.1) is 25.4 Å². The van der Waals surface area contributed by atoms with Gasteiger partial charge in [-0.3, -0.25) is 9.59 Å². The molecule has 0 bridgehead atoms. The molecule has 0 aromatic carbocycles. The number of carbonyl (C=O) groups is 2. The highest BCUT2D eigenvalue weighted by Crippen LogP contribution is 2.16. The van der Waals surface area contributed by atoms with Crippen LogP contribution in [0.4, 0.5) is 0 Å². The highest BCUT2D eigenvalue weighted by atomic mass is 16.5. The smallest absolute Gasteiger partial charge is 0.305 e. The largest absolute Gasteiger partial charge is 0.466 e. The van der Waals surface area contributed by atoms with Crippen LogP contribution < -0.4 is 5.32 Å². The Morgan fingerprint density at radius 1 is 0.415 bits per heavy atom. The lowest BCUT2D eigenvalue weighted by atomic mass is 10.1. The average molecular weight is 915 g/mol. The highest BCUT2D eigenvalue weighted by Gasteiger charge is 2.18. The van der Waals surface area contributed by atoms with Gasteiger partial charge in [-0.15, -0.1) is 0 Å². The predicted molar refractivity (Wildman–Crippen MR) is 283 cm³/mol. The molecule has 0 heterocycles. The van der Waals surface area contributed by atoms with Crippen LogP contribution in [0.2, 0.25) is 0 Å². The summed E-state index contributed by atoms with van der Waals surface area (Å²) in [6.45, 7) is 4.86. The summed E-state index contributed by atoms with van der Waals surface area (Å²) in [6.07, 6.45) is 67.5. The molecule has 0 rings (SSSR count). The minimum absolute atomic E-state index is 0.00460. The molecule has 0 saturated carbocycles. The van der Waals surface area contributed by atoms with Crippen LogP contribution >= 0.6 is 0 Å². The molecule has 0 radical (unpaired) electrons. The van der Waals surface area contributed by atoms with Gasteiger partial charge in [-0.25, -0.2) is 0 Å². The maximum Gasteiger partial charge on any atom is 0.305 e. The van der Waals surface area contributed by atoms with Gasteiger partial charge >= 0.3 is 5.97 Å². The third-order valence-electron chi connectivity index (χ3n) is 13.1. The summed E-state index contributed by atoms with van der Waals surface area (Å²) in [6, 6.07) is -0.632. The monoisotopic (exact) mass is 914 g/mol. The van der Waals surface area contributed by atoms with Crippen LogP contribution in [0, 0.1) is 0 Å². The number of hydrogen-bond donors (Lipinski definition) is 3. The summed E-state index contributed by atoms with van der Waals surface area (Å²) in [5, 5.41) is 22.9. The van der Waals surface area contributed by atoms with Crippen molar-refractivity contribution in [1.29, 1.82) is 0 Å². The Morgan fingerprint density at radius 3 is 1.09 bits per heavy atom. The van der Waals surface area contributed by atoms with Gasteiger partial charge in [0.15, 0.2) is 0 Å². The van der Waals surface area contributed by atoms with E-state index in [0.29, 0.717) is 19.4 Å². The number of hydrogen-bond acceptors (Lipinski definition) is 5. The van der Waals surface area contributed by atoms with Crippen LogP contribution in [0.1, 0.15) is 303 Å². The number of ether oxygens (including phenoxy) is 1. The Kier molecular flexibility index (Phi) is 53.1. The zero-order valence-electron chi connectivity index (χ0n) is 43.5. The number of allylic oxidation sites excluding steroid dienone is 5. The molecule has 382 valence electrons. The number of carbonyl (C=O) groups excluding carboxylic acids is 2. The fraction of sp³-hybridized carbons (Fsp3) is 0.864. The van der Waals surface area contributed by atoms with Crippen LogP contribution in [-0.4, -0.2) is 47.4 Å². The predicted octanol–water partition coefficient (Wildman–Crippen LogP) is 17.6. The molecule has 1 amide bonds. The van der Waals surface area contributed by atoms with Crippen molar-refractivity contribution in [1.82, 2.24) is 5.32 Å². The molecular weight excluding hydrogens is 803 g/mol. The zero-order valence-corrected chi connectivity index (χ0v) is 43.5. The number of unbranched alkanes of at least 4 members (excludes halogenated alkanes) is 38. The van der Waals surface area contributed by atoms with Crippen molar-refractivity contribution >= 4 is 11.9 Å². The Labute approximate surface area is 404 Å². The van der Waals surface area contributed by atoms with E-state index in [1.165, 1.54) is 225 Å².